The lowest BCUT2D eigenvalue weighted by Gasteiger charge is -2.19. The van der Waals surface area contributed by atoms with Gasteiger partial charge in [-0.05, 0) is 46.2 Å². The van der Waals surface area contributed by atoms with E-state index in [1.807, 2.05) is 48.5 Å². The first-order chi connectivity index (χ1) is 17.0. The fourth-order valence-corrected chi connectivity index (χ4v) is 3.92. The molecule has 0 saturated heterocycles. The third-order valence-corrected chi connectivity index (χ3v) is 5.73. The molecule has 0 radical (unpaired) electrons. The summed E-state index contributed by atoms with van der Waals surface area (Å²) < 4.78 is 6.11. The molecule has 0 aliphatic heterocycles. The van der Waals surface area contributed by atoms with Gasteiger partial charge in [-0.15, -0.1) is 0 Å². The Morgan fingerprint density at radius 3 is 2.34 bits per heavy atom. The summed E-state index contributed by atoms with van der Waals surface area (Å²) in [4.78, 5) is 25.4. The standard InChI is InChI=1S/C30H27NO4/c1-31(30(34)26-8-3-2-4-9-26)21-23-12-14-25(15-16-29(32)33)28(20-23)35-18-17-22-11-13-24-7-5-6-10-27(24)19-22/h2-16,19-20H,17-18,21H2,1H3,(H,32,33). The topological polar surface area (TPSA) is 66.8 Å². The van der Waals surface area contributed by atoms with Gasteiger partial charge in [-0.1, -0.05) is 72.8 Å². The van der Waals surface area contributed by atoms with Crippen molar-refractivity contribution in [3.8, 4) is 5.75 Å². The summed E-state index contributed by atoms with van der Waals surface area (Å²) >= 11 is 0. The number of hydrogen-bond donors (Lipinski definition) is 1. The zero-order valence-corrected chi connectivity index (χ0v) is 19.6. The van der Waals surface area contributed by atoms with E-state index in [0.29, 0.717) is 36.4 Å². The third kappa shape index (κ3) is 6.36. The van der Waals surface area contributed by atoms with Gasteiger partial charge in [0.2, 0.25) is 0 Å². The maximum Gasteiger partial charge on any atom is 0.328 e. The van der Waals surface area contributed by atoms with Crippen LogP contribution in [0.15, 0.2) is 97.1 Å². The molecular formula is C30H27NO4. The Hall–Kier alpha value is -4.38. The average Bonchev–Trinajstić information content (AvgIpc) is 2.88. The molecule has 0 spiro atoms. The minimum Gasteiger partial charge on any atom is -0.493 e. The SMILES string of the molecule is CN(Cc1ccc(C=CC(=O)O)c(OCCc2ccc3ccccc3c2)c1)C(=O)c1ccccc1. The van der Waals surface area contributed by atoms with Gasteiger partial charge in [0.05, 0.1) is 6.61 Å². The maximum atomic E-state index is 12.7. The molecule has 0 aromatic heterocycles. The molecule has 5 heteroatoms. The van der Waals surface area contributed by atoms with E-state index in [0.717, 1.165) is 17.2 Å². The zero-order chi connectivity index (χ0) is 24.6. The van der Waals surface area contributed by atoms with Crippen LogP contribution in [0.1, 0.15) is 27.0 Å². The minimum absolute atomic E-state index is 0.0702. The van der Waals surface area contributed by atoms with Crippen molar-refractivity contribution in [2.45, 2.75) is 13.0 Å². The molecular weight excluding hydrogens is 438 g/mol. The number of nitrogens with zero attached hydrogens (tertiary/aromatic N) is 1. The molecule has 0 bridgehead atoms. The van der Waals surface area contributed by atoms with Crippen LogP contribution in [0.4, 0.5) is 0 Å². The predicted octanol–water partition coefficient (Wildman–Crippen LogP) is 5.83. The lowest BCUT2D eigenvalue weighted by molar-refractivity contribution is -0.131. The van der Waals surface area contributed by atoms with Crippen LogP contribution in [0.25, 0.3) is 16.8 Å². The van der Waals surface area contributed by atoms with Crippen molar-refractivity contribution in [1.82, 2.24) is 4.90 Å². The molecule has 1 N–H and O–H groups in total. The molecule has 0 saturated carbocycles. The maximum absolute atomic E-state index is 12.7. The van der Waals surface area contributed by atoms with E-state index in [1.54, 1.807) is 24.1 Å². The van der Waals surface area contributed by atoms with Crippen LogP contribution < -0.4 is 4.74 Å². The molecule has 0 heterocycles. The summed E-state index contributed by atoms with van der Waals surface area (Å²) in [6.45, 7) is 0.839. The Morgan fingerprint density at radius 2 is 1.57 bits per heavy atom. The van der Waals surface area contributed by atoms with Gasteiger partial charge in [-0.2, -0.15) is 0 Å². The number of carboxylic acid groups (broad SMARTS) is 1. The summed E-state index contributed by atoms with van der Waals surface area (Å²) in [7, 11) is 1.76. The number of amides is 1. The number of benzene rings is 4. The molecule has 5 nitrogen and oxygen atoms in total. The van der Waals surface area contributed by atoms with Crippen molar-refractivity contribution >= 4 is 28.7 Å². The van der Waals surface area contributed by atoms with Crippen LogP contribution >= 0.6 is 0 Å². The summed E-state index contributed by atoms with van der Waals surface area (Å²) in [6.07, 6.45) is 3.33. The third-order valence-electron chi connectivity index (χ3n) is 5.73. The van der Waals surface area contributed by atoms with Crippen molar-refractivity contribution in [2.75, 3.05) is 13.7 Å². The van der Waals surface area contributed by atoms with E-state index >= 15 is 0 Å². The molecule has 4 rings (SSSR count). The van der Waals surface area contributed by atoms with E-state index in [4.69, 9.17) is 9.84 Å². The highest BCUT2D eigenvalue weighted by molar-refractivity contribution is 5.94. The minimum atomic E-state index is -1.02. The number of carbonyl (C=O) groups is 2. The molecule has 0 unspecified atom stereocenters. The smallest absolute Gasteiger partial charge is 0.328 e. The normalized spacial score (nSPS) is 11.0. The van der Waals surface area contributed by atoms with Crippen molar-refractivity contribution in [3.05, 3.63) is 119 Å². The van der Waals surface area contributed by atoms with Crippen molar-refractivity contribution in [2.24, 2.45) is 0 Å². The second-order valence-electron chi connectivity index (χ2n) is 8.35. The largest absolute Gasteiger partial charge is 0.493 e. The summed E-state index contributed by atoms with van der Waals surface area (Å²) in [5, 5.41) is 11.4. The fourth-order valence-electron chi connectivity index (χ4n) is 3.92. The molecule has 176 valence electrons. The van der Waals surface area contributed by atoms with Gasteiger partial charge < -0.3 is 14.7 Å². The van der Waals surface area contributed by atoms with Gasteiger partial charge in [-0.25, -0.2) is 4.79 Å². The van der Waals surface area contributed by atoms with Crippen LogP contribution in [-0.2, 0) is 17.8 Å². The van der Waals surface area contributed by atoms with Crippen LogP contribution in [0.2, 0.25) is 0 Å². The van der Waals surface area contributed by atoms with Gasteiger partial charge >= 0.3 is 5.97 Å². The molecule has 0 aliphatic carbocycles. The molecule has 0 aliphatic rings. The zero-order valence-electron chi connectivity index (χ0n) is 19.6. The van der Waals surface area contributed by atoms with E-state index < -0.39 is 5.97 Å². The Morgan fingerprint density at radius 1 is 0.857 bits per heavy atom. The van der Waals surface area contributed by atoms with Gasteiger partial charge in [0.25, 0.3) is 5.91 Å². The van der Waals surface area contributed by atoms with E-state index in [-0.39, 0.29) is 5.91 Å². The van der Waals surface area contributed by atoms with Crippen LogP contribution in [0.5, 0.6) is 5.75 Å². The number of carboxylic acids is 1. The lowest BCUT2D eigenvalue weighted by atomic mass is 10.1. The highest BCUT2D eigenvalue weighted by Gasteiger charge is 2.13. The lowest BCUT2D eigenvalue weighted by Crippen LogP contribution is -2.26. The number of aliphatic carboxylic acids is 1. The monoisotopic (exact) mass is 465 g/mol. The van der Waals surface area contributed by atoms with E-state index in [2.05, 4.69) is 30.3 Å². The molecule has 35 heavy (non-hydrogen) atoms. The molecule has 0 fully saturated rings. The average molecular weight is 466 g/mol. The first kappa shape index (κ1) is 23.8. The predicted molar refractivity (Wildman–Crippen MR) is 138 cm³/mol. The number of hydrogen-bond acceptors (Lipinski definition) is 3. The highest BCUT2D eigenvalue weighted by atomic mass is 16.5. The Labute approximate surface area is 204 Å². The Kier molecular flexibility index (Phi) is 7.58. The second-order valence-corrected chi connectivity index (χ2v) is 8.35. The quantitative estimate of drug-likeness (QED) is 0.316. The van der Waals surface area contributed by atoms with Gasteiger partial charge in [-0.3, -0.25) is 4.79 Å². The Balaban J connectivity index is 1.48. The second kappa shape index (κ2) is 11.2. The summed E-state index contributed by atoms with van der Waals surface area (Å²) in [6, 6.07) is 29.3. The highest BCUT2D eigenvalue weighted by Crippen LogP contribution is 2.24. The van der Waals surface area contributed by atoms with Gasteiger partial charge in [0, 0.05) is 37.2 Å². The summed E-state index contributed by atoms with van der Waals surface area (Å²) in [5.74, 6) is -0.509. The Bertz CT molecular complexity index is 1360. The first-order valence-corrected chi connectivity index (χ1v) is 11.4. The number of carbonyl (C=O) groups excluding carboxylic acids is 1. The van der Waals surface area contributed by atoms with E-state index in [1.165, 1.54) is 16.8 Å². The van der Waals surface area contributed by atoms with Gasteiger partial charge in [0.15, 0.2) is 0 Å². The molecule has 4 aromatic carbocycles. The van der Waals surface area contributed by atoms with Crippen LogP contribution in [0.3, 0.4) is 0 Å². The fraction of sp³-hybridized carbons (Fsp3) is 0.133. The molecule has 0 atom stereocenters. The molecule has 4 aromatic rings. The van der Waals surface area contributed by atoms with Crippen LogP contribution in [0, 0.1) is 0 Å². The number of fused-ring (bicyclic) bond motifs is 1. The van der Waals surface area contributed by atoms with Crippen molar-refractivity contribution < 1.29 is 19.4 Å². The van der Waals surface area contributed by atoms with E-state index in [9.17, 15) is 9.59 Å². The first-order valence-electron chi connectivity index (χ1n) is 11.4. The van der Waals surface area contributed by atoms with Gasteiger partial charge in [0.1, 0.15) is 5.75 Å². The van der Waals surface area contributed by atoms with Crippen LogP contribution in [-0.4, -0.2) is 35.5 Å². The van der Waals surface area contributed by atoms with Crippen molar-refractivity contribution in [1.29, 1.82) is 0 Å². The number of rotatable bonds is 9. The van der Waals surface area contributed by atoms with Crippen molar-refractivity contribution in [3.63, 3.8) is 0 Å². The summed E-state index contributed by atoms with van der Waals surface area (Å²) in [5.41, 5.74) is 3.36. The molecule has 1 amide bonds. The number of ether oxygens (including phenoxy) is 1.